The molecule has 84 valence electrons. The fourth-order valence-electron chi connectivity index (χ4n) is 2.04. The minimum absolute atomic E-state index is 0.630. The summed E-state index contributed by atoms with van der Waals surface area (Å²) in [6.07, 6.45) is 1.87. The number of hydrogen-bond acceptors (Lipinski definition) is 2. The van der Waals surface area contributed by atoms with Gasteiger partial charge in [0.05, 0.1) is 11.9 Å². The largest absolute Gasteiger partial charge is 0.341 e. The molecule has 0 aliphatic rings. The number of aromatic nitrogens is 2. The third kappa shape index (κ3) is 1.83. The molecule has 0 amide bonds. The van der Waals surface area contributed by atoms with Crippen LogP contribution in [0.5, 0.6) is 0 Å². The molecule has 1 aromatic heterocycles. The van der Waals surface area contributed by atoms with E-state index >= 15 is 0 Å². The molecule has 0 aliphatic carbocycles. The molecule has 1 heterocycles. The van der Waals surface area contributed by atoms with Gasteiger partial charge in [-0.05, 0) is 10.8 Å². The minimum atomic E-state index is 0.630. The summed E-state index contributed by atoms with van der Waals surface area (Å²) in [5.74, 6) is 1.53. The van der Waals surface area contributed by atoms with Crippen LogP contribution >= 0.6 is 12.6 Å². The summed E-state index contributed by atoms with van der Waals surface area (Å²) in [6, 6.07) is 14.7. The zero-order valence-electron chi connectivity index (χ0n) is 9.22. The van der Waals surface area contributed by atoms with E-state index in [2.05, 4.69) is 65.1 Å². The second-order valence-corrected chi connectivity index (χ2v) is 4.24. The van der Waals surface area contributed by atoms with Crippen LogP contribution in [0, 0.1) is 0 Å². The molecule has 0 fully saturated rings. The van der Waals surface area contributed by atoms with Crippen molar-refractivity contribution in [3.05, 3.63) is 54.5 Å². The maximum absolute atomic E-state index is 4.29. The summed E-state index contributed by atoms with van der Waals surface area (Å²) in [5, 5.41) is 2.48. The number of fused-ring (bicyclic) bond motifs is 1. The lowest BCUT2D eigenvalue weighted by molar-refractivity contribution is 1.13. The smallest absolute Gasteiger partial charge is 0.116 e. The van der Waals surface area contributed by atoms with E-state index in [9.17, 15) is 0 Å². The molecule has 2 aromatic carbocycles. The number of thiol groups is 1. The van der Waals surface area contributed by atoms with Gasteiger partial charge in [0.15, 0.2) is 0 Å². The van der Waals surface area contributed by atoms with Crippen LogP contribution in [0.15, 0.2) is 48.7 Å². The van der Waals surface area contributed by atoms with Crippen LogP contribution in [0.4, 0.5) is 0 Å². The van der Waals surface area contributed by atoms with Crippen molar-refractivity contribution in [2.75, 3.05) is 0 Å². The molecule has 0 bridgehead atoms. The number of rotatable bonds is 2. The van der Waals surface area contributed by atoms with Crippen molar-refractivity contribution in [2.45, 2.75) is 5.75 Å². The lowest BCUT2D eigenvalue weighted by Gasteiger charge is -2.03. The number of nitrogens with zero attached hydrogens (tertiary/aromatic N) is 1. The Morgan fingerprint density at radius 1 is 1.06 bits per heavy atom. The van der Waals surface area contributed by atoms with Crippen molar-refractivity contribution in [3.63, 3.8) is 0 Å². The molecule has 0 saturated carbocycles. The highest BCUT2D eigenvalue weighted by atomic mass is 32.1. The predicted molar refractivity (Wildman–Crippen MR) is 74.2 cm³/mol. The molecule has 0 saturated heterocycles. The van der Waals surface area contributed by atoms with Crippen molar-refractivity contribution in [1.29, 1.82) is 0 Å². The van der Waals surface area contributed by atoms with E-state index in [4.69, 9.17) is 0 Å². The molecule has 1 N–H and O–H groups in total. The van der Waals surface area contributed by atoms with Gasteiger partial charge < -0.3 is 4.98 Å². The Morgan fingerprint density at radius 3 is 2.71 bits per heavy atom. The third-order valence-electron chi connectivity index (χ3n) is 2.86. The Morgan fingerprint density at radius 2 is 1.88 bits per heavy atom. The summed E-state index contributed by atoms with van der Waals surface area (Å²) in [6.45, 7) is 0. The standard InChI is InChI=1S/C14H12N2S/c17-9-14-15-8-13(16-14)12-7-3-5-10-4-1-2-6-11(10)12/h1-8,17H,9H2,(H,15,16). The molecule has 2 nitrogen and oxygen atoms in total. The van der Waals surface area contributed by atoms with Gasteiger partial charge in [-0.15, -0.1) is 0 Å². The van der Waals surface area contributed by atoms with Crippen molar-refractivity contribution in [2.24, 2.45) is 0 Å². The molecule has 17 heavy (non-hydrogen) atoms. The van der Waals surface area contributed by atoms with Gasteiger partial charge in [0.25, 0.3) is 0 Å². The van der Waals surface area contributed by atoms with Crippen molar-refractivity contribution in [3.8, 4) is 11.3 Å². The summed E-state index contributed by atoms with van der Waals surface area (Å²) in [5.41, 5.74) is 2.23. The Kier molecular flexibility index (Phi) is 2.61. The molecule has 0 aliphatic heterocycles. The van der Waals surface area contributed by atoms with E-state index in [-0.39, 0.29) is 0 Å². The molecule has 0 atom stereocenters. The second kappa shape index (κ2) is 4.26. The first-order valence-corrected chi connectivity index (χ1v) is 6.14. The van der Waals surface area contributed by atoms with Crippen LogP contribution < -0.4 is 0 Å². The first kappa shape index (κ1) is 10.4. The number of H-pyrrole nitrogens is 1. The van der Waals surface area contributed by atoms with E-state index in [1.807, 2.05) is 6.20 Å². The summed E-state index contributed by atoms with van der Waals surface area (Å²) < 4.78 is 0. The quantitative estimate of drug-likeness (QED) is 0.657. The topological polar surface area (TPSA) is 28.7 Å². The number of hydrogen-bond donors (Lipinski definition) is 2. The van der Waals surface area contributed by atoms with Crippen LogP contribution in [0.1, 0.15) is 5.82 Å². The van der Waals surface area contributed by atoms with E-state index in [0.717, 1.165) is 11.5 Å². The molecule has 0 radical (unpaired) electrons. The first-order chi connectivity index (χ1) is 8.38. The van der Waals surface area contributed by atoms with E-state index in [0.29, 0.717) is 5.75 Å². The summed E-state index contributed by atoms with van der Waals surface area (Å²) in [7, 11) is 0. The highest BCUT2D eigenvalue weighted by Gasteiger charge is 2.05. The van der Waals surface area contributed by atoms with Crippen LogP contribution in [0.3, 0.4) is 0 Å². The lowest BCUT2D eigenvalue weighted by atomic mass is 10.0. The van der Waals surface area contributed by atoms with Gasteiger partial charge in [-0.3, -0.25) is 0 Å². The number of aromatic amines is 1. The van der Waals surface area contributed by atoms with Crippen molar-refractivity contribution in [1.82, 2.24) is 9.97 Å². The monoisotopic (exact) mass is 240 g/mol. The molecule has 3 aromatic rings. The highest BCUT2D eigenvalue weighted by Crippen LogP contribution is 2.27. The lowest BCUT2D eigenvalue weighted by Crippen LogP contribution is -1.82. The zero-order chi connectivity index (χ0) is 11.7. The number of benzene rings is 2. The van der Waals surface area contributed by atoms with E-state index < -0.39 is 0 Å². The molecule has 0 unspecified atom stereocenters. The summed E-state index contributed by atoms with van der Waals surface area (Å²) >= 11 is 4.22. The molecular formula is C14H12N2S. The van der Waals surface area contributed by atoms with Gasteiger partial charge in [0.1, 0.15) is 5.82 Å². The van der Waals surface area contributed by atoms with Gasteiger partial charge in [-0.1, -0.05) is 42.5 Å². The van der Waals surface area contributed by atoms with Crippen LogP contribution in [0.2, 0.25) is 0 Å². The van der Waals surface area contributed by atoms with Gasteiger partial charge >= 0.3 is 0 Å². The Balaban J connectivity index is 2.23. The fraction of sp³-hybridized carbons (Fsp3) is 0.0714. The normalized spacial score (nSPS) is 10.9. The average molecular weight is 240 g/mol. The van der Waals surface area contributed by atoms with Gasteiger partial charge in [0.2, 0.25) is 0 Å². The Hall–Kier alpha value is -1.74. The van der Waals surface area contributed by atoms with E-state index in [1.165, 1.54) is 16.3 Å². The SMILES string of the molecule is SCc1ncc(-c2cccc3ccccc23)[nH]1. The van der Waals surface area contributed by atoms with Crippen LogP contribution in [-0.4, -0.2) is 9.97 Å². The van der Waals surface area contributed by atoms with Gasteiger partial charge in [-0.25, -0.2) is 4.98 Å². The number of nitrogens with one attached hydrogen (secondary N) is 1. The predicted octanol–water partition coefficient (Wildman–Crippen LogP) is 3.66. The molecule has 0 spiro atoms. The molecule has 3 heteroatoms. The fourth-order valence-corrected chi connectivity index (χ4v) is 2.20. The zero-order valence-corrected chi connectivity index (χ0v) is 10.1. The maximum Gasteiger partial charge on any atom is 0.116 e. The van der Waals surface area contributed by atoms with Gasteiger partial charge in [0, 0.05) is 11.3 Å². The van der Waals surface area contributed by atoms with Crippen molar-refractivity contribution < 1.29 is 0 Å². The Bertz CT molecular complexity index is 653. The average Bonchev–Trinajstić information content (AvgIpc) is 2.87. The Labute approximate surface area is 105 Å². The molecular weight excluding hydrogens is 228 g/mol. The second-order valence-electron chi connectivity index (χ2n) is 3.93. The highest BCUT2D eigenvalue weighted by molar-refractivity contribution is 7.79. The van der Waals surface area contributed by atoms with Crippen LogP contribution in [0.25, 0.3) is 22.0 Å². The molecule has 3 rings (SSSR count). The third-order valence-corrected chi connectivity index (χ3v) is 3.16. The van der Waals surface area contributed by atoms with Crippen LogP contribution in [-0.2, 0) is 5.75 Å². The minimum Gasteiger partial charge on any atom is -0.341 e. The first-order valence-electron chi connectivity index (χ1n) is 5.51. The van der Waals surface area contributed by atoms with Gasteiger partial charge in [-0.2, -0.15) is 12.6 Å². The maximum atomic E-state index is 4.29. The number of imidazole rings is 1. The van der Waals surface area contributed by atoms with E-state index in [1.54, 1.807) is 0 Å². The summed E-state index contributed by atoms with van der Waals surface area (Å²) in [4.78, 5) is 7.57. The van der Waals surface area contributed by atoms with Crippen molar-refractivity contribution >= 4 is 23.4 Å².